The van der Waals surface area contributed by atoms with Crippen molar-refractivity contribution in [3.8, 4) is 0 Å². The third kappa shape index (κ3) is 5.10. The number of aryl methyl sites for hydroxylation is 1. The molecular formula is C23H29FN2O2. The summed E-state index contributed by atoms with van der Waals surface area (Å²) >= 11 is 0. The monoisotopic (exact) mass is 384 g/mol. The number of halogens is 1. The maximum atomic E-state index is 13.3. The van der Waals surface area contributed by atoms with Crippen LogP contribution in [0.5, 0.6) is 0 Å². The summed E-state index contributed by atoms with van der Waals surface area (Å²) in [6.45, 7) is 5.52. The summed E-state index contributed by atoms with van der Waals surface area (Å²) in [5.74, 6) is -0.283. The van der Waals surface area contributed by atoms with Crippen LogP contribution in [0, 0.1) is 5.82 Å². The van der Waals surface area contributed by atoms with Gasteiger partial charge in [0.2, 0.25) is 0 Å². The quantitative estimate of drug-likeness (QED) is 0.733. The lowest BCUT2D eigenvalue weighted by atomic mass is 9.95. The van der Waals surface area contributed by atoms with Crippen LogP contribution in [-0.2, 0) is 11.2 Å². The van der Waals surface area contributed by atoms with E-state index in [0.717, 1.165) is 24.8 Å². The molecule has 2 aromatic carbocycles. The molecule has 1 N–H and O–H groups in total. The number of amides is 2. The molecule has 5 heteroatoms. The molecule has 2 aromatic rings. The largest absolute Gasteiger partial charge is 0.377 e. The molecule has 4 nitrogen and oxygen atoms in total. The Morgan fingerprint density at radius 1 is 1.14 bits per heavy atom. The van der Waals surface area contributed by atoms with Gasteiger partial charge in [-0.05, 0) is 56.4 Å². The molecule has 1 saturated heterocycles. The molecule has 1 unspecified atom stereocenters. The molecule has 0 spiro atoms. The Bertz CT molecular complexity index is 762. The van der Waals surface area contributed by atoms with E-state index >= 15 is 0 Å². The van der Waals surface area contributed by atoms with E-state index in [1.165, 1.54) is 17.7 Å². The van der Waals surface area contributed by atoms with Gasteiger partial charge in [0.05, 0.1) is 24.8 Å². The molecule has 150 valence electrons. The molecular weight excluding hydrogens is 355 g/mol. The number of hydrogen-bond acceptors (Lipinski definition) is 2. The van der Waals surface area contributed by atoms with Gasteiger partial charge in [-0.1, -0.05) is 42.5 Å². The molecule has 3 rings (SSSR count). The highest BCUT2D eigenvalue weighted by Gasteiger charge is 2.41. The SMILES string of the molecule is CC1(C)COCC(c2ccc(F)cc2)N1C(=O)NCCCCc1ccccc1. The molecule has 1 aliphatic rings. The van der Waals surface area contributed by atoms with Gasteiger partial charge in [0.25, 0.3) is 0 Å². The van der Waals surface area contributed by atoms with E-state index in [-0.39, 0.29) is 17.9 Å². The molecule has 1 aliphatic heterocycles. The molecule has 0 aliphatic carbocycles. The zero-order chi connectivity index (χ0) is 20.0. The summed E-state index contributed by atoms with van der Waals surface area (Å²) in [5, 5.41) is 3.06. The topological polar surface area (TPSA) is 41.6 Å². The van der Waals surface area contributed by atoms with E-state index < -0.39 is 5.54 Å². The van der Waals surface area contributed by atoms with Crippen molar-refractivity contribution >= 4 is 6.03 Å². The number of benzene rings is 2. The third-order valence-corrected chi connectivity index (χ3v) is 5.18. The van der Waals surface area contributed by atoms with Crippen molar-refractivity contribution in [3.05, 3.63) is 71.5 Å². The second-order valence-electron chi connectivity index (χ2n) is 7.94. The summed E-state index contributed by atoms with van der Waals surface area (Å²) in [6, 6.07) is 16.4. The number of carbonyl (C=O) groups excluding carboxylic acids is 1. The maximum Gasteiger partial charge on any atom is 0.318 e. The van der Waals surface area contributed by atoms with Gasteiger partial charge in [-0.15, -0.1) is 0 Å². The first-order chi connectivity index (χ1) is 13.5. The van der Waals surface area contributed by atoms with Gasteiger partial charge in [-0.25, -0.2) is 9.18 Å². The Kier molecular flexibility index (Phi) is 6.68. The van der Waals surface area contributed by atoms with Gasteiger partial charge in [-0.3, -0.25) is 0 Å². The van der Waals surface area contributed by atoms with Crippen molar-refractivity contribution < 1.29 is 13.9 Å². The lowest BCUT2D eigenvalue weighted by Crippen LogP contribution is -2.59. The van der Waals surface area contributed by atoms with Gasteiger partial charge in [0.1, 0.15) is 5.82 Å². The summed E-state index contributed by atoms with van der Waals surface area (Å²) in [7, 11) is 0. The number of hydrogen-bond donors (Lipinski definition) is 1. The van der Waals surface area contributed by atoms with E-state index in [2.05, 4.69) is 17.4 Å². The van der Waals surface area contributed by atoms with Crippen LogP contribution in [0.25, 0.3) is 0 Å². The molecule has 1 atom stereocenters. The lowest BCUT2D eigenvalue weighted by molar-refractivity contribution is -0.0656. The van der Waals surface area contributed by atoms with Crippen molar-refractivity contribution in [2.75, 3.05) is 19.8 Å². The Labute approximate surface area is 166 Å². The number of nitrogens with one attached hydrogen (secondary N) is 1. The van der Waals surface area contributed by atoms with Crippen molar-refractivity contribution in [1.82, 2.24) is 10.2 Å². The molecule has 0 radical (unpaired) electrons. The van der Waals surface area contributed by atoms with Crippen LogP contribution in [0.3, 0.4) is 0 Å². The molecule has 0 saturated carbocycles. The summed E-state index contributed by atoms with van der Waals surface area (Å²) in [6.07, 6.45) is 2.96. The Morgan fingerprint density at radius 2 is 1.86 bits per heavy atom. The number of ether oxygens (including phenoxy) is 1. The van der Waals surface area contributed by atoms with Crippen LogP contribution in [0.1, 0.15) is 43.9 Å². The van der Waals surface area contributed by atoms with Gasteiger partial charge >= 0.3 is 6.03 Å². The van der Waals surface area contributed by atoms with Gasteiger partial charge < -0.3 is 15.0 Å². The smallest absolute Gasteiger partial charge is 0.318 e. The van der Waals surface area contributed by atoms with Crippen LogP contribution >= 0.6 is 0 Å². The molecule has 1 heterocycles. The Balaban J connectivity index is 1.57. The van der Waals surface area contributed by atoms with Gasteiger partial charge in [0.15, 0.2) is 0 Å². The predicted molar refractivity (Wildman–Crippen MR) is 109 cm³/mol. The van der Waals surface area contributed by atoms with Crippen LogP contribution < -0.4 is 5.32 Å². The lowest BCUT2D eigenvalue weighted by Gasteiger charge is -2.47. The molecule has 0 aromatic heterocycles. The average Bonchev–Trinajstić information content (AvgIpc) is 2.68. The fraction of sp³-hybridized carbons (Fsp3) is 0.435. The highest BCUT2D eigenvalue weighted by molar-refractivity contribution is 5.75. The van der Waals surface area contributed by atoms with Crippen molar-refractivity contribution in [1.29, 1.82) is 0 Å². The number of carbonyl (C=O) groups is 1. The van der Waals surface area contributed by atoms with Crippen molar-refractivity contribution in [3.63, 3.8) is 0 Å². The number of urea groups is 1. The number of morpholine rings is 1. The zero-order valence-electron chi connectivity index (χ0n) is 16.7. The van der Waals surface area contributed by atoms with Crippen LogP contribution in [-0.4, -0.2) is 36.2 Å². The summed E-state index contributed by atoms with van der Waals surface area (Å²) in [4.78, 5) is 14.8. The fourth-order valence-electron chi connectivity index (χ4n) is 3.71. The maximum absolute atomic E-state index is 13.3. The number of rotatable bonds is 6. The summed E-state index contributed by atoms with van der Waals surface area (Å²) in [5.41, 5.74) is 1.76. The van der Waals surface area contributed by atoms with Crippen molar-refractivity contribution in [2.45, 2.75) is 44.7 Å². The Morgan fingerprint density at radius 3 is 2.57 bits per heavy atom. The molecule has 0 bridgehead atoms. The standard InChI is InChI=1S/C23H29FN2O2/c1-23(2)17-28-16-21(19-11-13-20(24)14-12-19)26(23)22(27)25-15-7-6-10-18-8-4-3-5-9-18/h3-5,8-9,11-14,21H,6-7,10,15-17H2,1-2H3,(H,25,27). The van der Waals surface area contributed by atoms with Crippen LogP contribution in [0.2, 0.25) is 0 Å². The minimum absolute atomic E-state index is 0.0951. The average molecular weight is 384 g/mol. The number of unbranched alkanes of at least 4 members (excludes halogenated alkanes) is 1. The van der Waals surface area contributed by atoms with E-state index in [4.69, 9.17) is 4.74 Å². The zero-order valence-corrected chi connectivity index (χ0v) is 16.7. The normalized spacial score (nSPS) is 18.7. The van der Waals surface area contributed by atoms with Gasteiger partial charge in [-0.2, -0.15) is 0 Å². The van der Waals surface area contributed by atoms with Crippen LogP contribution in [0.15, 0.2) is 54.6 Å². The first-order valence-electron chi connectivity index (χ1n) is 9.92. The van der Waals surface area contributed by atoms with Crippen LogP contribution in [0.4, 0.5) is 9.18 Å². The minimum Gasteiger partial charge on any atom is -0.377 e. The first kappa shape index (κ1) is 20.3. The highest BCUT2D eigenvalue weighted by Crippen LogP contribution is 2.33. The van der Waals surface area contributed by atoms with E-state index in [1.54, 1.807) is 12.1 Å². The molecule has 2 amide bonds. The molecule has 1 fully saturated rings. The predicted octanol–water partition coefficient (Wildman–Crippen LogP) is 4.71. The van der Waals surface area contributed by atoms with Gasteiger partial charge in [0, 0.05) is 6.54 Å². The third-order valence-electron chi connectivity index (χ3n) is 5.18. The van der Waals surface area contributed by atoms with E-state index in [0.29, 0.717) is 19.8 Å². The second-order valence-corrected chi connectivity index (χ2v) is 7.94. The molecule has 28 heavy (non-hydrogen) atoms. The number of nitrogens with zero attached hydrogens (tertiary/aromatic N) is 1. The van der Waals surface area contributed by atoms with E-state index in [9.17, 15) is 9.18 Å². The minimum atomic E-state index is -0.439. The fourth-order valence-corrected chi connectivity index (χ4v) is 3.71. The Hall–Kier alpha value is -2.40. The summed E-state index contributed by atoms with van der Waals surface area (Å²) < 4.78 is 19.0. The highest BCUT2D eigenvalue weighted by atomic mass is 19.1. The van der Waals surface area contributed by atoms with Crippen molar-refractivity contribution in [2.24, 2.45) is 0 Å². The second kappa shape index (κ2) is 9.20. The first-order valence-corrected chi connectivity index (χ1v) is 9.92. The van der Waals surface area contributed by atoms with E-state index in [1.807, 2.05) is 36.9 Å².